The van der Waals surface area contributed by atoms with Crippen molar-refractivity contribution in [2.75, 3.05) is 0 Å². The van der Waals surface area contributed by atoms with Crippen molar-refractivity contribution in [1.29, 1.82) is 0 Å². The summed E-state index contributed by atoms with van der Waals surface area (Å²) in [6.45, 7) is 5.57. The Morgan fingerprint density at radius 1 is 0.846 bits per heavy atom. The van der Waals surface area contributed by atoms with Crippen LogP contribution in [-0.2, 0) is 13.2 Å². The Morgan fingerprint density at radius 2 is 1.58 bits per heavy atom. The summed E-state index contributed by atoms with van der Waals surface area (Å²) in [5.41, 5.74) is 6.17. The SMILES string of the molecule is Cc1ccc(OCc2[nH]c3ccccc3[n+]2Cc2ccccc2C)cc1. The number of ether oxygens (including phenoxy) is 1. The molecule has 0 unspecified atom stereocenters. The Bertz CT molecular complexity index is 1030. The van der Waals surface area contributed by atoms with Gasteiger partial charge in [-0.05, 0) is 49.2 Å². The second-order valence-corrected chi connectivity index (χ2v) is 6.70. The standard InChI is InChI=1S/C23H22N2O/c1-17-11-13-20(14-12-17)26-16-23-24-21-9-5-6-10-22(21)25(23)15-19-8-4-3-7-18(19)2/h3-14H,15-16H2,1-2H3/p+1. The summed E-state index contributed by atoms with van der Waals surface area (Å²) in [7, 11) is 0. The molecule has 0 spiro atoms. The van der Waals surface area contributed by atoms with E-state index in [1.165, 1.54) is 22.2 Å². The first-order valence-electron chi connectivity index (χ1n) is 8.94. The fourth-order valence-electron chi connectivity index (χ4n) is 3.22. The number of hydrogen-bond acceptors (Lipinski definition) is 1. The third-order valence-electron chi connectivity index (χ3n) is 4.79. The number of hydrogen-bond donors (Lipinski definition) is 1. The Kier molecular flexibility index (Phi) is 4.44. The van der Waals surface area contributed by atoms with Crippen molar-refractivity contribution in [3.8, 4) is 5.75 Å². The molecule has 0 aliphatic heterocycles. The monoisotopic (exact) mass is 343 g/mol. The van der Waals surface area contributed by atoms with Gasteiger partial charge in [-0.2, -0.15) is 0 Å². The molecule has 130 valence electrons. The van der Waals surface area contributed by atoms with Crippen LogP contribution in [0.15, 0.2) is 72.8 Å². The highest BCUT2D eigenvalue weighted by Gasteiger charge is 2.19. The predicted octanol–water partition coefficient (Wildman–Crippen LogP) is 4.70. The van der Waals surface area contributed by atoms with Crippen LogP contribution in [0.2, 0.25) is 0 Å². The van der Waals surface area contributed by atoms with Crippen LogP contribution in [0, 0.1) is 13.8 Å². The van der Waals surface area contributed by atoms with Gasteiger partial charge in [0.25, 0.3) is 5.82 Å². The molecule has 1 heterocycles. The summed E-state index contributed by atoms with van der Waals surface area (Å²) in [6.07, 6.45) is 0. The van der Waals surface area contributed by atoms with Gasteiger partial charge < -0.3 is 4.74 Å². The van der Waals surface area contributed by atoms with E-state index in [9.17, 15) is 0 Å². The average Bonchev–Trinajstić information content (AvgIpc) is 3.01. The first-order valence-corrected chi connectivity index (χ1v) is 8.94. The van der Waals surface area contributed by atoms with E-state index in [2.05, 4.69) is 84.1 Å². The number of imidazole rings is 1. The van der Waals surface area contributed by atoms with Crippen molar-refractivity contribution in [3.05, 3.63) is 95.3 Å². The van der Waals surface area contributed by atoms with Gasteiger partial charge in [0, 0.05) is 0 Å². The molecule has 4 rings (SSSR count). The maximum Gasteiger partial charge on any atom is 0.294 e. The first kappa shape index (κ1) is 16.4. The van der Waals surface area contributed by atoms with Crippen LogP contribution in [-0.4, -0.2) is 4.98 Å². The largest absolute Gasteiger partial charge is 0.481 e. The lowest BCUT2D eigenvalue weighted by Gasteiger charge is -2.07. The quantitative estimate of drug-likeness (QED) is 0.523. The van der Waals surface area contributed by atoms with Gasteiger partial charge >= 0.3 is 0 Å². The van der Waals surface area contributed by atoms with Crippen molar-refractivity contribution in [2.45, 2.75) is 27.0 Å². The fourth-order valence-corrected chi connectivity index (χ4v) is 3.22. The maximum atomic E-state index is 6.03. The molecule has 0 radical (unpaired) electrons. The summed E-state index contributed by atoms with van der Waals surface area (Å²) in [4.78, 5) is 3.52. The number of H-pyrrole nitrogens is 1. The topological polar surface area (TPSA) is 28.9 Å². The molecule has 0 bridgehead atoms. The van der Waals surface area contributed by atoms with Gasteiger partial charge in [0.15, 0.2) is 17.6 Å². The molecule has 0 atom stereocenters. The van der Waals surface area contributed by atoms with E-state index in [-0.39, 0.29) is 0 Å². The van der Waals surface area contributed by atoms with Gasteiger partial charge in [0.1, 0.15) is 12.3 Å². The first-order chi connectivity index (χ1) is 12.7. The van der Waals surface area contributed by atoms with Gasteiger partial charge in [-0.3, -0.25) is 0 Å². The number of aryl methyl sites for hydroxylation is 2. The molecule has 1 aromatic heterocycles. The maximum absolute atomic E-state index is 6.03. The van der Waals surface area contributed by atoms with E-state index >= 15 is 0 Å². The second-order valence-electron chi connectivity index (χ2n) is 6.70. The second kappa shape index (κ2) is 7.04. The number of nitrogens with zero attached hydrogens (tertiary/aromatic N) is 1. The number of fused-ring (bicyclic) bond motifs is 1. The van der Waals surface area contributed by atoms with Crippen molar-refractivity contribution in [2.24, 2.45) is 0 Å². The molecule has 26 heavy (non-hydrogen) atoms. The molecule has 0 aliphatic rings. The Labute approximate surface area is 153 Å². The van der Waals surface area contributed by atoms with Crippen molar-refractivity contribution < 1.29 is 9.30 Å². The third kappa shape index (κ3) is 3.33. The van der Waals surface area contributed by atoms with Crippen LogP contribution in [0.25, 0.3) is 11.0 Å². The normalized spacial score (nSPS) is 11.0. The highest BCUT2D eigenvalue weighted by Crippen LogP contribution is 2.16. The molecule has 0 fully saturated rings. The van der Waals surface area contributed by atoms with Crippen LogP contribution in [0.3, 0.4) is 0 Å². The van der Waals surface area contributed by atoms with Crippen LogP contribution in [0.1, 0.15) is 22.5 Å². The molecule has 0 saturated carbocycles. The van der Waals surface area contributed by atoms with E-state index < -0.39 is 0 Å². The molecule has 0 saturated heterocycles. The highest BCUT2D eigenvalue weighted by molar-refractivity contribution is 5.71. The molecule has 4 aromatic rings. The minimum atomic E-state index is 0.504. The van der Waals surface area contributed by atoms with E-state index in [4.69, 9.17) is 4.74 Å². The third-order valence-corrected chi connectivity index (χ3v) is 4.79. The zero-order chi connectivity index (χ0) is 17.9. The minimum Gasteiger partial charge on any atom is -0.481 e. The summed E-state index contributed by atoms with van der Waals surface area (Å²) >= 11 is 0. The molecular weight excluding hydrogens is 320 g/mol. The van der Waals surface area contributed by atoms with Crippen molar-refractivity contribution in [3.63, 3.8) is 0 Å². The van der Waals surface area contributed by atoms with Crippen LogP contribution in [0.5, 0.6) is 5.75 Å². The van der Waals surface area contributed by atoms with Gasteiger partial charge in [0.2, 0.25) is 0 Å². The minimum absolute atomic E-state index is 0.504. The molecule has 0 aliphatic carbocycles. The Morgan fingerprint density at radius 3 is 2.38 bits per heavy atom. The fraction of sp³-hybridized carbons (Fsp3) is 0.174. The number of para-hydroxylation sites is 2. The summed E-state index contributed by atoms with van der Waals surface area (Å²) in [5.74, 6) is 1.95. The zero-order valence-electron chi connectivity index (χ0n) is 15.2. The number of nitrogens with one attached hydrogen (secondary N) is 1. The number of aromatic nitrogens is 2. The van der Waals surface area contributed by atoms with Gasteiger partial charge in [-0.15, -0.1) is 0 Å². The summed E-state index contributed by atoms with van der Waals surface area (Å²) in [6, 6.07) is 25.1. The molecule has 1 N–H and O–H groups in total. The molecule has 0 amide bonds. The Hall–Kier alpha value is -3.07. The lowest BCUT2D eigenvalue weighted by molar-refractivity contribution is -0.671. The molecule has 3 heteroatoms. The van der Waals surface area contributed by atoms with Crippen molar-refractivity contribution in [1.82, 2.24) is 4.98 Å². The smallest absolute Gasteiger partial charge is 0.294 e. The van der Waals surface area contributed by atoms with E-state index in [1.807, 2.05) is 12.1 Å². The van der Waals surface area contributed by atoms with Crippen LogP contribution >= 0.6 is 0 Å². The predicted molar refractivity (Wildman–Crippen MR) is 104 cm³/mol. The highest BCUT2D eigenvalue weighted by atomic mass is 16.5. The number of aromatic amines is 1. The zero-order valence-corrected chi connectivity index (χ0v) is 15.2. The molecule has 3 nitrogen and oxygen atoms in total. The molecular formula is C23H23N2O+. The van der Waals surface area contributed by atoms with Crippen LogP contribution in [0.4, 0.5) is 0 Å². The lowest BCUT2D eigenvalue weighted by atomic mass is 10.1. The number of benzene rings is 3. The van der Waals surface area contributed by atoms with Crippen LogP contribution < -0.4 is 9.30 Å². The average molecular weight is 343 g/mol. The molecule has 3 aromatic carbocycles. The van der Waals surface area contributed by atoms with Crippen molar-refractivity contribution >= 4 is 11.0 Å². The van der Waals surface area contributed by atoms with Gasteiger partial charge in [0.05, 0.1) is 0 Å². The Balaban J connectivity index is 1.67. The van der Waals surface area contributed by atoms with Gasteiger partial charge in [-0.1, -0.05) is 54.1 Å². The lowest BCUT2D eigenvalue weighted by Crippen LogP contribution is -2.38. The van der Waals surface area contributed by atoms with Gasteiger partial charge in [-0.25, -0.2) is 9.55 Å². The summed E-state index contributed by atoms with van der Waals surface area (Å²) < 4.78 is 8.34. The van der Waals surface area contributed by atoms with E-state index in [0.29, 0.717) is 6.61 Å². The summed E-state index contributed by atoms with van der Waals surface area (Å²) in [5, 5.41) is 0. The van der Waals surface area contributed by atoms with E-state index in [0.717, 1.165) is 23.6 Å². The number of rotatable bonds is 5. The van der Waals surface area contributed by atoms with E-state index in [1.54, 1.807) is 0 Å².